The summed E-state index contributed by atoms with van der Waals surface area (Å²) in [6.07, 6.45) is 1.27. The van der Waals surface area contributed by atoms with Crippen molar-refractivity contribution in [1.29, 1.82) is 0 Å². The van der Waals surface area contributed by atoms with E-state index >= 15 is 0 Å². The van der Waals surface area contributed by atoms with Crippen LogP contribution in [0.1, 0.15) is 26.1 Å². The average Bonchev–Trinajstić information content (AvgIpc) is 2.59. The fourth-order valence-electron chi connectivity index (χ4n) is 3.24. The van der Waals surface area contributed by atoms with E-state index in [9.17, 15) is 0 Å². The number of aromatic nitrogens is 3. The quantitative estimate of drug-likeness (QED) is 0.768. The normalized spacial score (nSPS) is 20.0. The molecule has 2 heterocycles. The Hall–Kier alpha value is -1.93. The number of thiocarbonyl (C=S) groups is 1. The van der Waals surface area contributed by atoms with Crippen molar-refractivity contribution in [3.63, 3.8) is 0 Å². The van der Waals surface area contributed by atoms with Crippen LogP contribution in [0.15, 0.2) is 30.3 Å². The van der Waals surface area contributed by atoms with Crippen molar-refractivity contribution in [1.82, 2.24) is 19.9 Å². The first kappa shape index (κ1) is 18.8. The van der Waals surface area contributed by atoms with Crippen molar-refractivity contribution in [3.05, 3.63) is 36.2 Å². The molecule has 8 heteroatoms. The van der Waals surface area contributed by atoms with Crippen molar-refractivity contribution < 1.29 is 0 Å². The van der Waals surface area contributed by atoms with Crippen LogP contribution in [0, 0.1) is 11.8 Å². The number of benzene rings is 1. The summed E-state index contributed by atoms with van der Waals surface area (Å²) in [6.45, 7) is 6.61. The van der Waals surface area contributed by atoms with E-state index in [-0.39, 0.29) is 5.95 Å². The highest BCUT2D eigenvalue weighted by Gasteiger charge is 2.23. The maximum Gasteiger partial charge on any atom is 0.232 e. The number of likely N-dealkylation sites (tertiary alicyclic amines) is 1. The summed E-state index contributed by atoms with van der Waals surface area (Å²) in [4.78, 5) is 15.2. The molecule has 1 aromatic carbocycles. The van der Waals surface area contributed by atoms with Crippen molar-refractivity contribution in [2.45, 2.75) is 26.0 Å². The molecule has 3 rings (SSSR count). The van der Waals surface area contributed by atoms with Gasteiger partial charge in [-0.3, -0.25) is 0 Å². The summed E-state index contributed by atoms with van der Waals surface area (Å²) in [7, 11) is 0. The predicted octanol–water partition coefficient (Wildman–Crippen LogP) is 3.69. The molecule has 1 saturated heterocycles. The lowest BCUT2D eigenvalue weighted by Gasteiger charge is -2.36. The Balaban J connectivity index is 1.61. The Bertz CT molecular complexity index is 745. The van der Waals surface area contributed by atoms with Gasteiger partial charge in [-0.05, 0) is 30.4 Å². The lowest BCUT2D eigenvalue weighted by Crippen LogP contribution is -2.40. The monoisotopic (exact) mass is 388 g/mol. The number of hydrogen-bond donors (Lipinski definition) is 2. The number of nitrogen functional groups attached to an aromatic ring is 1. The van der Waals surface area contributed by atoms with Gasteiger partial charge in [-0.25, -0.2) is 0 Å². The minimum absolute atomic E-state index is 0.208. The lowest BCUT2D eigenvalue weighted by molar-refractivity contribution is 0.219. The van der Waals surface area contributed by atoms with Crippen LogP contribution in [0.3, 0.4) is 0 Å². The molecule has 1 fully saturated rings. The standard InChI is InChI=1S/C18H24N6S2/c1-12-8-13(2)10-24(9-12)18(25)26-11-15-21-16(19)23-17(22-15)20-14-6-4-3-5-7-14/h3-7,12-13H,8-11H2,1-2H3,(H3,19,20,21,22,23)/t12-,13-/m0/s1. The van der Waals surface area contributed by atoms with Crippen LogP contribution in [0.2, 0.25) is 0 Å². The van der Waals surface area contributed by atoms with E-state index in [1.54, 1.807) is 11.8 Å². The molecule has 0 aliphatic carbocycles. The molecular formula is C18H24N6S2. The van der Waals surface area contributed by atoms with E-state index in [0.717, 1.165) is 23.1 Å². The van der Waals surface area contributed by atoms with Gasteiger partial charge in [0.15, 0.2) is 0 Å². The molecule has 0 unspecified atom stereocenters. The third-order valence-electron chi connectivity index (χ3n) is 4.18. The molecule has 0 bridgehead atoms. The number of hydrogen-bond acceptors (Lipinski definition) is 7. The average molecular weight is 389 g/mol. The Labute approximate surface area is 164 Å². The van der Waals surface area contributed by atoms with Crippen LogP contribution in [-0.2, 0) is 5.75 Å². The smallest absolute Gasteiger partial charge is 0.232 e. The SMILES string of the molecule is C[C@H]1C[C@H](C)CN(C(=S)SCc2nc(N)nc(Nc3ccccc3)n2)C1. The molecule has 2 aromatic rings. The zero-order chi connectivity index (χ0) is 18.5. The van der Waals surface area contributed by atoms with Crippen molar-refractivity contribution in [3.8, 4) is 0 Å². The molecule has 26 heavy (non-hydrogen) atoms. The highest BCUT2D eigenvalue weighted by molar-refractivity contribution is 8.22. The van der Waals surface area contributed by atoms with Gasteiger partial charge in [0.25, 0.3) is 0 Å². The van der Waals surface area contributed by atoms with Crippen LogP contribution in [0.25, 0.3) is 0 Å². The van der Waals surface area contributed by atoms with Gasteiger partial charge in [0.2, 0.25) is 11.9 Å². The number of nitrogens with one attached hydrogen (secondary N) is 1. The molecule has 0 amide bonds. The van der Waals surface area contributed by atoms with Crippen LogP contribution >= 0.6 is 24.0 Å². The third-order valence-corrected chi connectivity index (χ3v) is 5.70. The highest BCUT2D eigenvalue weighted by Crippen LogP contribution is 2.25. The fourth-order valence-corrected chi connectivity index (χ4v) is 4.28. The summed E-state index contributed by atoms with van der Waals surface area (Å²) in [5.41, 5.74) is 6.75. The zero-order valence-electron chi connectivity index (χ0n) is 15.1. The van der Waals surface area contributed by atoms with E-state index in [0.29, 0.717) is 29.4 Å². The Morgan fingerprint density at radius 2 is 1.88 bits per heavy atom. The number of rotatable bonds is 4. The van der Waals surface area contributed by atoms with Gasteiger partial charge in [0.1, 0.15) is 10.1 Å². The summed E-state index contributed by atoms with van der Waals surface area (Å²) >= 11 is 7.21. The molecule has 2 atom stereocenters. The summed E-state index contributed by atoms with van der Waals surface area (Å²) < 4.78 is 0.903. The van der Waals surface area contributed by atoms with Crippen LogP contribution in [0.5, 0.6) is 0 Å². The van der Waals surface area contributed by atoms with Crippen LogP contribution in [-0.4, -0.2) is 37.3 Å². The first-order valence-corrected chi connectivity index (χ1v) is 10.1. The van der Waals surface area contributed by atoms with E-state index in [1.807, 2.05) is 30.3 Å². The molecular weight excluding hydrogens is 364 g/mol. The topological polar surface area (TPSA) is 80.0 Å². The van der Waals surface area contributed by atoms with Gasteiger partial charge in [-0.2, -0.15) is 15.0 Å². The van der Waals surface area contributed by atoms with E-state index in [1.165, 1.54) is 6.42 Å². The summed E-state index contributed by atoms with van der Waals surface area (Å²) in [5, 5.41) is 3.15. The Morgan fingerprint density at radius 3 is 2.58 bits per heavy atom. The molecule has 138 valence electrons. The first-order valence-electron chi connectivity index (χ1n) is 8.74. The van der Waals surface area contributed by atoms with E-state index < -0.39 is 0 Å². The molecule has 3 N–H and O–H groups in total. The van der Waals surface area contributed by atoms with Gasteiger partial charge >= 0.3 is 0 Å². The number of nitrogens with two attached hydrogens (primary N) is 1. The van der Waals surface area contributed by atoms with Gasteiger partial charge < -0.3 is 16.0 Å². The van der Waals surface area contributed by atoms with Crippen molar-refractivity contribution in [2.75, 3.05) is 24.1 Å². The zero-order valence-corrected chi connectivity index (χ0v) is 16.7. The minimum Gasteiger partial charge on any atom is -0.368 e. The van der Waals surface area contributed by atoms with E-state index in [2.05, 4.69) is 39.0 Å². The lowest BCUT2D eigenvalue weighted by atomic mass is 9.92. The fraction of sp³-hybridized carbons (Fsp3) is 0.444. The molecule has 1 aliphatic rings. The van der Waals surface area contributed by atoms with Gasteiger partial charge in [0, 0.05) is 18.8 Å². The summed E-state index contributed by atoms with van der Waals surface area (Å²) in [5.74, 6) is 3.21. The maximum atomic E-state index is 5.84. The predicted molar refractivity (Wildman–Crippen MR) is 112 cm³/mol. The summed E-state index contributed by atoms with van der Waals surface area (Å²) in [6, 6.07) is 9.74. The first-order chi connectivity index (χ1) is 12.5. The molecule has 6 nitrogen and oxygen atoms in total. The Morgan fingerprint density at radius 1 is 1.19 bits per heavy atom. The molecule has 0 saturated carbocycles. The molecule has 1 aliphatic heterocycles. The van der Waals surface area contributed by atoms with Crippen molar-refractivity contribution in [2.24, 2.45) is 11.8 Å². The number of thioether (sulfide) groups is 1. The number of anilines is 3. The highest BCUT2D eigenvalue weighted by atomic mass is 32.2. The molecule has 0 radical (unpaired) electrons. The largest absolute Gasteiger partial charge is 0.368 e. The maximum absolute atomic E-state index is 5.84. The second-order valence-electron chi connectivity index (χ2n) is 6.83. The minimum atomic E-state index is 0.208. The number of para-hydroxylation sites is 1. The third kappa shape index (κ3) is 5.28. The van der Waals surface area contributed by atoms with Crippen molar-refractivity contribution >= 4 is 45.9 Å². The molecule has 0 spiro atoms. The van der Waals surface area contributed by atoms with Crippen LogP contribution in [0.4, 0.5) is 17.6 Å². The second kappa shape index (κ2) is 8.64. The number of nitrogens with zero attached hydrogens (tertiary/aromatic N) is 4. The second-order valence-corrected chi connectivity index (χ2v) is 8.44. The number of piperidine rings is 1. The van der Waals surface area contributed by atoms with E-state index in [4.69, 9.17) is 18.0 Å². The van der Waals surface area contributed by atoms with Crippen LogP contribution < -0.4 is 11.1 Å². The van der Waals surface area contributed by atoms with Gasteiger partial charge in [-0.15, -0.1) is 0 Å². The van der Waals surface area contributed by atoms with Gasteiger partial charge in [-0.1, -0.05) is 56.0 Å². The Kier molecular flexibility index (Phi) is 6.26. The van der Waals surface area contributed by atoms with Gasteiger partial charge in [0.05, 0.1) is 5.75 Å². The molecule has 1 aromatic heterocycles.